The van der Waals surface area contributed by atoms with Crippen LogP contribution in [0.4, 0.5) is 5.69 Å². The molecule has 0 atom stereocenters. The third kappa shape index (κ3) is 4.64. The number of hydrogen-bond acceptors (Lipinski definition) is 4. The predicted molar refractivity (Wildman–Crippen MR) is 114 cm³/mol. The Bertz CT molecular complexity index is 976. The molecule has 0 aliphatic rings. The van der Waals surface area contributed by atoms with Crippen LogP contribution in [-0.4, -0.2) is 23.3 Å². The van der Waals surface area contributed by atoms with Gasteiger partial charge in [-0.3, -0.25) is 9.59 Å². The van der Waals surface area contributed by atoms with Gasteiger partial charge in [0.25, 0.3) is 0 Å². The summed E-state index contributed by atoms with van der Waals surface area (Å²) in [6, 6.07) is 15.7. The van der Waals surface area contributed by atoms with Crippen molar-refractivity contribution in [1.29, 1.82) is 0 Å². The van der Waals surface area contributed by atoms with E-state index in [0.717, 1.165) is 32.3 Å². The molecular weight excluding hydrogens is 370 g/mol. The van der Waals surface area contributed by atoms with E-state index in [4.69, 9.17) is 0 Å². The van der Waals surface area contributed by atoms with Crippen LogP contribution < -0.4 is 10.6 Å². The standard InChI is InChI=1S/C22H23N3O2S/c1-14-8-7-9-15(2)19(14)25-21(27)20(26)23-13-12-18-16(3)24-22(28-18)17-10-5-4-6-11-17/h4-11H,12-13H2,1-3H3,(H,23,26)(H,25,27). The normalized spacial score (nSPS) is 10.5. The van der Waals surface area contributed by atoms with Crippen LogP contribution in [0, 0.1) is 20.8 Å². The van der Waals surface area contributed by atoms with E-state index in [1.165, 1.54) is 0 Å². The molecule has 2 amide bonds. The molecule has 3 aromatic rings. The number of carbonyl (C=O) groups excluding carboxylic acids is 2. The molecule has 0 aliphatic carbocycles. The van der Waals surface area contributed by atoms with Crippen LogP contribution in [0.3, 0.4) is 0 Å². The summed E-state index contributed by atoms with van der Waals surface area (Å²) in [5.74, 6) is -1.28. The number of aromatic nitrogens is 1. The molecule has 0 spiro atoms. The first kappa shape index (κ1) is 19.8. The van der Waals surface area contributed by atoms with Gasteiger partial charge in [-0.15, -0.1) is 11.3 Å². The van der Waals surface area contributed by atoms with Crippen molar-refractivity contribution in [3.05, 3.63) is 70.2 Å². The van der Waals surface area contributed by atoms with Gasteiger partial charge in [0.15, 0.2) is 0 Å². The summed E-state index contributed by atoms with van der Waals surface area (Å²) in [5, 5.41) is 6.36. The van der Waals surface area contributed by atoms with Gasteiger partial charge in [-0.2, -0.15) is 0 Å². The fourth-order valence-corrected chi connectivity index (χ4v) is 3.98. The largest absolute Gasteiger partial charge is 0.347 e. The number of carbonyl (C=O) groups is 2. The Hall–Kier alpha value is -2.99. The van der Waals surface area contributed by atoms with Gasteiger partial charge < -0.3 is 10.6 Å². The van der Waals surface area contributed by atoms with Gasteiger partial charge in [-0.1, -0.05) is 48.5 Å². The molecule has 0 radical (unpaired) electrons. The maximum Gasteiger partial charge on any atom is 0.313 e. The molecule has 0 aliphatic heterocycles. The van der Waals surface area contributed by atoms with Crippen LogP contribution in [0.1, 0.15) is 21.7 Å². The SMILES string of the molecule is Cc1cccc(C)c1NC(=O)C(=O)NCCc1sc(-c2ccccc2)nc1C. The van der Waals surface area contributed by atoms with E-state index in [-0.39, 0.29) is 0 Å². The van der Waals surface area contributed by atoms with E-state index >= 15 is 0 Å². The molecular formula is C22H23N3O2S. The Morgan fingerprint density at radius 3 is 2.29 bits per heavy atom. The lowest BCUT2D eigenvalue weighted by atomic mass is 10.1. The van der Waals surface area contributed by atoms with Crippen molar-refractivity contribution in [3.8, 4) is 10.6 Å². The Morgan fingerprint density at radius 1 is 0.929 bits per heavy atom. The highest BCUT2D eigenvalue weighted by molar-refractivity contribution is 7.15. The predicted octanol–water partition coefficient (Wildman–Crippen LogP) is 4.03. The first-order valence-corrected chi connectivity index (χ1v) is 9.94. The Labute approximate surface area is 168 Å². The lowest BCUT2D eigenvalue weighted by Crippen LogP contribution is -2.36. The minimum atomic E-state index is -0.650. The van der Waals surface area contributed by atoms with Crippen LogP contribution in [0.25, 0.3) is 10.6 Å². The zero-order chi connectivity index (χ0) is 20.1. The molecule has 5 nitrogen and oxygen atoms in total. The second kappa shape index (κ2) is 8.80. The molecule has 0 fully saturated rings. The lowest BCUT2D eigenvalue weighted by Gasteiger charge is -2.11. The van der Waals surface area contributed by atoms with Crippen LogP contribution in [-0.2, 0) is 16.0 Å². The summed E-state index contributed by atoms with van der Waals surface area (Å²) in [5.41, 5.74) is 4.58. The molecule has 2 aromatic carbocycles. The minimum Gasteiger partial charge on any atom is -0.347 e. The van der Waals surface area contributed by atoms with Crippen molar-refractivity contribution in [2.45, 2.75) is 27.2 Å². The summed E-state index contributed by atoms with van der Waals surface area (Å²) in [7, 11) is 0. The molecule has 0 saturated carbocycles. The topological polar surface area (TPSA) is 71.1 Å². The molecule has 2 N–H and O–H groups in total. The number of benzene rings is 2. The van der Waals surface area contributed by atoms with Gasteiger partial charge in [-0.25, -0.2) is 4.98 Å². The van der Waals surface area contributed by atoms with Gasteiger partial charge >= 0.3 is 11.8 Å². The first-order chi connectivity index (χ1) is 13.5. The molecule has 1 aromatic heterocycles. The van der Waals surface area contributed by atoms with Gasteiger partial charge in [0, 0.05) is 29.1 Å². The number of nitrogens with one attached hydrogen (secondary N) is 2. The van der Waals surface area contributed by atoms with E-state index in [1.54, 1.807) is 11.3 Å². The van der Waals surface area contributed by atoms with E-state index in [9.17, 15) is 9.59 Å². The molecule has 0 unspecified atom stereocenters. The van der Waals surface area contributed by atoms with Crippen molar-refractivity contribution in [3.63, 3.8) is 0 Å². The van der Waals surface area contributed by atoms with Crippen molar-refractivity contribution < 1.29 is 9.59 Å². The van der Waals surface area contributed by atoms with Gasteiger partial charge in [0.05, 0.1) is 5.69 Å². The zero-order valence-electron chi connectivity index (χ0n) is 16.2. The van der Waals surface area contributed by atoms with Crippen LogP contribution >= 0.6 is 11.3 Å². The molecule has 1 heterocycles. The monoisotopic (exact) mass is 393 g/mol. The number of para-hydroxylation sites is 1. The number of hydrogen-bond donors (Lipinski definition) is 2. The third-order valence-corrected chi connectivity index (χ3v) is 5.74. The van der Waals surface area contributed by atoms with E-state index in [1.807, 2.05) is 69.3 Å². The van der Waals surface area contributed by atoms with Gasteiger partial charge in [0.2, 0.25) is 0 Å². The number of rotatable bonds is 5. The molecule has 144 valence electrons. The quantitative estimate of drug-likeness (QED) is 0.643. The minimum absolute atomic E-state index is 0.385. The second-order valence-corrected chi connectivity index (χ2v) is 7.70. The number of anilines is 1. The summed E-state index contributed by atoms with van der Waals surface area (Å²) < 4.78 is 0. The highest BCUT2D eigenvalue weighted by atomic mass is 32.1. The van der Waals surface area contributed by atoms with E-state index in [2.05, 4.69) is 15.6 Å². The molecule has 3 rings (SSSR count). The number of aryl methyl sites for hydroxylation is 3. The van der Waals surface area contributed by atoms with Crippen LogP contribution in [0.2, 0.25) is 0 Å². The Balaban J connectivity index is 1.56. The number of amides is 2. The van der Waals surface area contributed by atoms with Crippen LogP contribution in [0.15, 0.2) is 48.5 Å². The van der Waals surface area contributed by atoms with Gasteiger partial charge in [0.1, 0.15) is 5.01 Å². The van der Waals surface area contributed by atoms with Crippen LogP contribution in [0.5, 0.6) is 0 Å². The highest BCUT2D eigenvalue weighted by Gasteiger charge is 2.16. The third-order valence-electron chi connectivity index (χ3n) is 4.48. The fourth-order valence-electron chi connectivity index (χ4n) is 2.92. The Kier molecular flexibility index (Phi) is 6.21. The zero-order valence-corrected chi connectivity index (χ0v) is 17.0. The number of thiazole rings is 1. The van der Waals surface area contributed by atoms with Crippen molar-refractivity contribution in [2.75, 3.05) is 11.9 Å². The first-order valence-electron chi connectivity index (χ1n) is 9.13. The average Bonchev–Trinajstić information content (AvgIpc) is 3.06. The summed E-state index contributed by atoms with van der Waals surface area (Å²) >= 11 is 1.62. The maximum atomic E-state index is 12.2. The lowest BCUT2D eigenvalue weighted by molar-refractivity contribution is -0.136. The summed E-state index contributed by atoms with van der Waals surface area (Å²) in [6.45, 7) is 6.15. The smallest absolute Gasteiger partial charge is 0.313 e. The molecule has 0 saturated heterocycles. The Morgan fingerprint density at radius 2 is 1.61 bits per heavy atom. The highest BCUT2D eigenvalue weighted by Crippen LogP contribution is 2.27. The fraction of sp³-hybridized carbons (Fsp3) is 0.227. The molecule has 0 bridgehead atoms. The number of nitrogens with zero attached hydrogens (tertiary/aromatic N) is 1. The second-order valence-electron chi connectivity index (χ2n) is 6.62. The van der Waals surface area contributed by atoms with Crippen molar-refractivity contribution in [2.24, 2.45) is 0 Å². The van der Waals surface area contributed by atoms with E-state index in [0.29, 0.717) is 18.7 Å². The molecule has 6 heteroatoms. The van der Waals surface area contributed by atoms with E-state index < -0.39 is 11.8 Å². The average molecular weight is 394 g/mol. The van der Waals surface area contributed by atoms with Gasteiger partial charge in [-0.05, 0) is 31.9 Å². The summed E-state index contributed by atoms with van der Waals surface area (Å²) in [4.78, 5) is 30.0. The van der Waals surface area contributed by atoms with Crippen molar-refractivity contribution in [1.82, 2.24) is 10.3 Å². The summed E-state index contributed by atoms with van der Waals surface area (Å²) in [6.07, 6.45) is 0.638. The molecule has 28 heavy (non-hydrogen) atoms. The van der Waals surface area contributed by atoms with Crippen molar-refractivity contribution >= 4 is 28.8 Å². The maximum absolute atomic E-state index is 12.2.